The molecule has 8 heavy (non-hydrogen) atoms. The summed E-state index contributed by atoms with van der Waals surface area (Å²) >= 11 is 0. The van der Waals surface area contributed by atoms with Crippen molar-refractivity contribution in [3.63, 3.8) is 0 Å². The van der Waals surface area contributed by atoms with Crippen LogP contribution in [-0.2, 0) is 0 Å². The predicted octanol–water partition coefficient (Wildman–Crippen LogP) is 2.40. The Morgan fingerprint density at radius 1 is 1.38 bits per heavy atom. The van der Waals surface area contributed by atoms with Crippen molar-refractivity contribution in [1.29, 1.82) is 0 Å². The lowest BCUT2D eigenvalue weighted by Gasteiger charge is -2.08. The first kappa shape index (κ1) is 8.06. The van der Waals surface area contributed by atoms with Gasteiger partial charge in [-0.05, 0) is 5.92 Å². The van der Waals surface area contributed by atoms with Crippen LogP contribution in [0.25, 0.3) is 0 Å². The van der Waals surface area contributed by atoms with Gasteiger partial charge in [-0.15, -0.1) is 0 Å². The van der Waals surface area contributed by atoms with Gasteiger partial charge < -0.3 is 0 Å². The molecule has 0 aliphatic carbocycles. The third-order valence-electron chi connectivity index (χ3n) is 1.61. The van der Waals surface area contributed by atoms with Gasteiger partial charge in [0.05, 0.1) is 7.85 Å². The average Bonchev–Trinajstić information content (AvgIpc) is 1.83. The van der Waals surface area contributed by atoms with Gasteiger partial charge in [-0.1, -0.05) is 39.4 Å². The molecule has 0 nitrogen and oxygen atoms in total. The third-order valence-corrected chi connectivity index (χ3v) is 1.61. The molecule has 0 fully saturated rings. The van der Waals surface area contributed by atoms with Crippen molar-refractivity contribution in [2.75, 3.05) is 0 Å². The highest BCUT2D eigenvalue weighted by Gasteiger charge is 1.98. The van der Waals surface area contributed by atoms with E-state index in [0.29, 0.717) is 0 Å². The summed E-state index contributed by atoms with van der Waals surface area (Å²) in [6.07, 6.45) is 4.68. The topological polar surface area (TPSA) is 0 Å². The molecule has 0 aromatic rings. The normalized spacial score (nSPS) is 13.8. The minimum atomic E-state index is 0.778. The van der Waals surface area contributed by atoms with Crippen LogP contribution in [0.5, 0.6) is 0 Å². The largest absolute Gasteiger partial charge is 0.0859 e. The molecule has 0 aliphatic rings. The van der Waals surface area contributed by atoms with E-state index in [1.807, 2.05) is 0 Å². The zero-order valence-corrected chi connectivity index (χ0v) is 5.98. The fourth-order valence-electron chi connectivity index (χ4n) is 0.897. The maximum absolute atomic E-state index is 5.47. The van der Waals surface area contributed by atoms with Crippen LogP contribution in [-0.4, -0.2) is 7.85 Å². The molecule has 46 valence electrons. The molecule has 0 aliphatic heterocycles. The molecule has 0 aromatic heterocycles. The van der Waals surface area contributed by atoms with Gasteiger partial charge in [0, 0.05) is 0 Å². The van der Waals surface area contributed by atoms with Crippen LogP contribution < -0.4 is 0 Å². The van der Waals surface area contributed by atoms with Gasteiger partial charge in [0.15, 0.2) is 0 Å². The molecular weight excluding hydrogens is 94.9 g/mol. The van der Waals surface area contributed by atoms with Crippen LogP contribution >= 0.6 is 0 Å². The molecular formula is C7H15B. The van der Waals surface area contributed by atoms with E-state index in [-0.39, 0.29) is 0 Å². The zero-order valence-electron chi connectivity index (χ0n) is 5.98. The fraction of sp³-hybridized carbons (Fsp3) is 1.00. The van der Waals surface area contributed by atoms with Crippen molar-refractivity contribution in [2.24, 2.45) is 5.92 Å². The van der Waals surface area contributed by atoms with Crippen LogP contribution in [0, 0.1) is 5.92 Å². The quantitative estimate of drug-likeness (QED) is 0.487. The lowest BCUT2D eigenvalue weighted by Crippen LogP contribution is -1.95. The van der Waals surface area contributed by atoms with Crippen LogP contribution in [0.4, 0.5) is 0 Å². The van der Waals surface area contributed by atoms with Crippen molar-refractivity contribution >= 4 is 7.85 Å². The molecule has 0 N–H and O–H groups in total. The van der Waals surface area contributed by atoms with Gasteiger partial charge in [-0.3, -0.25) is 0 Å². The number of hydrogen-bond acceptors (Lipinski definition) is 0. The number of rotatable bonds is 4. The third kappa shape index (κ3) is 3.12. The minimum absolute atomic E-state index is 0.778. The lowest BCUT2D eigenvalue weighted by molar-refractivity contribution is 0.509. The maximum atomic E-state index is 5.47. The Labute approximate surface area is 54.1 Å². The molecule has 1 heteroatoms. The average molecular weight is 110 g/mol. The van der Waals surface area contributed by atoms with E-state index in [2.05, 4.69) is 13.8 Å². The van der Waals surface area contributed by atoms with Crippen LogP contribution in [0.3, 0.4) is 0 Å². The molecule has 0 heterocycles. The van der Waals surface area contributed by atoms with E-state index < -0.39 is 0 Å². The van der Waals surface area contributed by atoms with Crippen molar-refractivity contribution < 1.29 is 0 Å². The number of hydrogen-bond donors (Lipinski definition) is 0. The van der Waals surface area contributed by atoms with Crippen molar-refractivity contribution in [1.82, 2.24) is 0 Å². The summed E-state index contributed by atoms with van der Waals surface area (Å²) in [6, 6.07) is 0. The summed E-state index contributed by atoms with van der Waals surface area (Å²) in [6.45, 7) is 4.41. The lowest BCUT2D eigenvalue weighted by atomic mass is 9.86. The van der Waals surface area contributed by atoms with Crippen molar-refractivity contribution in [3.8, 4) is 0 Å². The summed E-state index contributed by atoms with van der Waals surface area (Å²) < 4.78 is 0. The highest BCUT2D eigenvalue weighted by molar-refractivity contribution is 6.08. The van der Waals surface area contributed by atoms with Gasteiger partial charge in [0.1, 0.15) is 0 Å². The smallest absolute Gasteiger partial charge is 0.0656 e. The van der Waals surface area contributed by atoms with Gasteiger partial charge in [-0.2, -0.15) is 0 Å². The summed E-state index contributed by atoms with van der Waals surface area (Å²) in [7, 11) is 5.47. The highest BCUT2D eigenvalue weighted by atomic mass is 14.0. The second-order valence-electron chi connectivity index (χ2n) is 2.30. The Morgan fingerprint density at radius 2 is 2.00 bits per heavy atom. The van der Waals surface area contributed by atoms with E-state index >= 15 is 0 Å². The molecule has 0 rings (SSSR count). The molecule has 0 aromatic carbocycles. The van der Waals surface area contributed by atoms with E-state index in [1.165, 1.54) is 19.3 Å². The molecule has 0 amide bonds. The fourth-order valence-corrected chi connectivity index (χ4v) is 0.897. The maximum Gasteiger partial charge on any atom is 0.0656 e. The Bertz CT molecular complexity index is 39.7. The standard InChI is InChI=1S/C7H15B/c1-3-5-7(4-2)6-8/h7H,3-6H2,1-2H3. The molecule has 0 saturated heterocycles. The first-order chi connectivity index (χ1) is 3.85. The van der Waals surface area contributed by atoms with Gasteiger partial charge >= 0.3 is 0 Å². The van der Waals surface area contributed by atoms with E-state index in [9.17, 15) is 0 Å². The van der Waals surface area contributed by atoms with Crippen LogP contribution in [0.15, 0.2) is 0 Å². The molecule has 1 unspecified atom stereocenters. The zero-order chi connectivity index (χ0) is 6.41. The summed E-state index contributed by atoms with van der Waals surface area (Å²) in [5.74, 6) is 0.778. The summed E-state index contributed by atoms with van der Waals surface area (Å²) in [5.41, 5.74) is 0. The van der Waals surface area contributed by atoms with E-state index in [4.69, 9.17) is 7.85 Å². The monoisotopic (exact) mass is 110 g/mol. The Kier molecular flexibility index (Phi) is 5.25. The molecule has 0 spiro atoms. The second-order valence-corrected chi connectivity index (χ2v) is 2.30. The molecule has 1 atom stereocenters. The van der Waals surface area contributed by atoms with E-state index in [0.717, 1.165) is 12.2 Å². The summed E-state index contributed by atoms with van der Waals surface area (Å²) in [4.78, 5) is 0. The Morgan fingerprint density at radius 3 is 2.12 bits per heavy atom. The second kappa shape index (κ2) is 5.21. The van der Waals surface area contributed by atoms with Crippen LogP contribution in [0.2, 0.25) is 6.32 Å². The van der Waals surface area contributed by atoms with Gasteiger partial charge in [0.25, 0.3) is 0 Å². The predicted molar refractivity (Wildman–Crippen MR) is 39.2 cm³/mol. The van der Waals surface area contributed by atoms with Gasteiger partial charge in [-0.25, -0.2) is 0 Å². The minimum Gasteiger partial charge on any atom is -0.0859 e. The summed E-state index contributed by atoms with van der Waals surface area (Å²) in [5, 5.41) is 0. The van der Waals surface area contributed by atoms with Crippen molar-refractivity contribution in [2.45, 2.75) is 39.4 Å². The van der Waals surface area contributed by atoms with Gasteiger partial charge in [0.2, 0.25) is 0 Å². The highest BCUT2D eigenvalue weighted by Crippen LogP contribution is 2.12. The first-order valence-electron chi connectivity index (χ1n) is 3.55. The van der Waals surface area contributed by atoms with E-state index in [1.54, 1.807) is 0 Å². The molecule has 0 bridgehead atoms. The molecule has 2 radical (unpaired) electrons. The Hall–Kier alpha value is 0.0649. The SMILES string of the molecule is [B]CC(CC)CCC. The molecule has 0 saturated carbocycles. The van der Waals surface area contributed by atoms with Crippen molar-refractivity contribution in [3.05, 3.63) is 0 Å². The Balaban J connectivity index is 3.07. The van der Waals surface area contributed by atoms with Crippen LogP contribution in [0.1, 0.15) is 33.1 Å². The first-order valence-corrected chi connectivity index (χ1v) is 3.55.